The van der Waals surface area contributed by atoms with Crippen LogP contribution in [0, 0.1) is 5.82 Å². The Kier molecular flexibility index (Phi) is 1.12. The van der Waals surface area contributed by atoms with Gasteiger partial charge < -0.3 is 0 Å². The van der Waals surface area contributed by atoms with Crippen LogP contribution in [0.1, 0.15) is 0 Å². The monoisotopic (exact) mass is 114 g/mol. The topological polar surface area (TPSA) is 24.1 Å². The van der Waals surface area contributed by atoms with Gasteiger partial charge in [-0.1, -0.05) is 0 Å². The number of halogens is 1. The van der Waals surface area contributed by atoms with Gasteiger partial charge in [-0.05, 0) is 6.07 Å². The van der Waals surface area contributed by atoms with E-state index in [0.717, 1.165) is 6.20 Å². The zero-order valence-corrected chi connectivity index (χ0v) is 4.08. The second kappa shape index (κ2) is 1.78. The van der Waals surface area contributed by atoms with Crippen molar-refractivity contribution in [2.75, 3.05) is 0 Å². The van der Waals surface area contributed by atoms with Gasteiger partial charge in [-0.15, -0.1) is 0 Å². The van der Waals surface area contributed by atoms with E-state index >= 15 is 0 Å². The third-order valence-corrected chi connectivity index (χ3v) is 0.750. The summed E-state index contributed by atoms with van der Waals surface area (Å²) in [5, 5.41) is 8.49. The Hall–Kier alpha value is -1.12. The van der Waals surface area contributed by atoms with Gasteiger partial charge in [-0.3, -0.25) is 5.21 Å². The molecule has 2 nitrogen and oxygen atoms in total. The summed E-state index contributed by atoms with van der Waals surface area (Å²) in [5.41, 5.74) is 0. The molecule has 8 heavy (non-hydrogen) atoms. The first-order valence-electron chi connectivity index (χ1n) is 2.15. The van der Waals surface area contributed by atoms with Crippen LogP contribution in [0.5, 0.6) is 0 Å². The van der Waals surface area contributed by atoms with Crippen molar-refractivity contribution in [2.24, 2.45) is 0 Å². The Morgan fingerprint density at radius 2 is 2.38 bits per heavy atom. The smallest absolute Gasteiger partial charge is 0.257 e. The molecule has 1 aromatic rings. The van der Waals surface area contributed by atoms with Crippen molar-refractivity contribution in [3.63, 3.8) is 0 Å². The van der Waals surface area contributed by atoms with Gasteiger partial charge in [0, 0.05) is 10.8 Å². The highest BCUT2D eigenvalue weighted by Gasteiger charge is 1.94. The molecule has 0 saturated heterocycles. The highest BCUT2D eigenvalue weighted by molar-refractivity contribution is 4.87. The molecule has 1 heterocycles. The van der Waals surface area contributed by atoms with E-state index in [1.165, 1.54) is 18.3 Å². The fourth-order valence-corrected chi connectivity index (χ4v) is 0.436. The summed E-state index contributed by atoms with van der Waals surface area (Å²) in [6, 6.07) is 2.67. The van der Waals surface area contributed by atoms with Crippen molar-refractivity contribution in [3.05, 3.63) is 30.3 Å². The molecule has 0 aliphatic rings. The Bertz CT molecular complexity index is 172. The minimum atomic E-state index is -0.449. The fraction of sp³-hybridized carbons (Fsp3) is 0. The van der Waals surface area contributed by atoms with Gasteiger partial charge in [0.15, 0.2) is 5.82 Å². The summed E-state index contributed by atoms with van der Waals surface area (Å²) in [6.07, 6.45) is 2.31. The minimum absolute atomic E-state index is 0.449. The molecule has 3 heteroatoms. The molecule has 1 rings (SSSR count). The molecule has 1 N–H and O–H groups in total. The summed E-state index contributed by atoms with van der Waals surface area (Å²) in [5.74, 6) is -0.449. The average Bonchev–Trinajstić information content (AvgIpc) is 1.64. The first-order valence-corrected chi connectivity index (χ1v) is 2.15. The average molecular weight is 114 g/mol. The van der Waals surface area contributed by atoms with Crippen LogP contribution in [0.3, 0.4) is 0 Å². The number of pyridine rings is 1. The molecule has 0 unspecified atom stereocenters. The third kappa shape index (κ3) is 0.932. The van der Waals surface area contributed by atoms with Gasteiger partial charge in [-0.25, -0.2) is 4.39 Å². The second-order valence-electron chi connectivity index (χ2n) is 1.40. The first-order chi connectivity index (χ1) is 3.79. The Morgan fingerprint density at radius 3 is 2.75 bits per heavy atom. The SMILES string of the molecule is O[n+]1cccc(F)c1. The van der Waals surface area contributed by atoms with E-state index in [1.807, 2.05) is 0 Å². The third-order valence-electron chi connectivity index (χ3n) is 0.750. The summed E-state index contributed by atoms with van der Waals surface area (Å²) in [7, 11) is 0. The van der Waals surface area contributed by atoms with Gasteiger partial charge in [0.2, 0.25) is 6.20 Å². The summed E-state index contributed by atoms with van der Waals surface area (Å²) < 4.78 is 12.6. The van der Waals surface area contributed by atoms with Crippen LogP contribution in [0.15, 0.2) is 24.5 Å². The van der Waals surface area contributed by atoms with Crippen LogP contribution in [-0.4, -0.2) is 5.21 Å². The minimum Gasteiger partial charge on any atom is -0.285 e. The molecule has 0 aliphatic carbocycles. The van der Waals surface area contributed by atoms with Crippen LogP contribution >= 0.6 is 0 Å². The number of rotatable bonds is 0. The van der Waals surface area contributed by atoms with Gasteiger partial charge in [0.05, 0.1) is 0 Å². The largest absolute Gasteiger partial charge is 0.285 e. The second-order valence-corrected chi connectivity index (χ2v) is 1.40. The highest BCUT2D eigenvalue weighted by atomic mass is 19.1. The van der Waals surface area contributed by atoms with Crippen LogP contribution < -0.4 is 4.73 Å². The zero-order chi connectivity index (χ0) is 5.98. The van der Waals surface area contributed by atoms with E-state index < -0.39 is 5.82 Å². The molecule has 42 valence electrons. The molecular weight excluding hydrogens is 109 g/mol. The van der Waals surface area contributed by atoms with Crippen LogP contribution in [-0.2, 0) is 0 Å². The molecule has 0 bridgehead atoms. The predicted molar refractivity (Wildman–Crippen MR) is 23.8 cm³/mol. The normalized spacial score (nSPS) is 9.12. The Balaban J connectivity index is 3.08. The van der Waals surface area contributed by atoms with Crippen LogP contribution in [0.25, 0.3) is 0 Å². The summed E-state index contributed by atoms with van der Waals surface area (Å²) in [6.45, 7) is 0. The maximum atomic E-state index is 12.0. The van der Waals surface area contributed by atoms with E-state index in [0.29, 0.717) is 4.73 Å². The lowest BCUT2D eigenvalue weighted by Gasteiger charge is -1.79. The molecule has 0 amide bonds. The van der Waals surface area contributed by atoms with E-state index in [9.17, 15) is 4.39 Å². The Labute approximate surface area is 45.8 Å². The van der Waals surface area contributed by atoms with E-state index in [2.05, 4.69) is 0 Å². The molecule has 0 spiro atoms. The molecule has 0 aliphatic heterocycles. The number of aromatic nitrogens is 1. The fourth-order valence-electron chi connectivity index (χ4n) is 0.436. The zero-order valence-electron chi connectivity index (χ0n) is 4.08. The maximum Gasteiger partial charge on any atom is 0.257 e. The lowest BCUT2D eigenvalue weighted by Crippen LogP contribution is -2.28. The molecule has 0 atom stereocenters. The predicted octanol–water partition coefficient (Wildman–Crippen LogP) is 0.350. The maximum absolute atomic E-state index is 12.0. The number of nitrogens with zero attached hydrogens (tertiary/aromatic N) is 1. The van der Waals surface area contributed by atoms with Crippen molar-refractivity contribution < 1.29 is 14.3 Å². The van der Waals surface area contributed by atoms with E-state index in [-0.39, 0.29) is 0 Å². The van der Waals surface area contributed by atoms with Crippen molar-refractivity contribution in [3.8, 4) is 0 Å². The molecule has 0 aromatic carbocycles. The van der Waals surface area contributed by atoms with Gasteiger partial charge >= 0.3 is 0 Å². The van der Waals surface area contributed by atoms with Crippen molar-refractivity contribution in [1.29, 1.82) is 0 Å². The number of hydrogen-bond donors (Lipinski definition) is 1. The first kappa shape index (κ1) is 5.03. The number of hydrogen-bond acceptors (Lipinski definition) is 1. The van der Waals surface area contributed by atoms with E-state index in [4.69, 9.17) is 5.21 Å². The lowest BCUT2D eigenvalue weighted by molar-refractivity contribution is -0.905. The van der Waals surface area contributed by atoms with Gasteiger partial charge in [0.25, 0.3) is 6.20 Å². The molecule has 0 radical (unpaired) electrons. The van der Waals surface area contributed by atoms with E-state index in [1.54, 1.807) is 0 Å². The molecule has 1 aromatic heterocycles. The standard InChI is InChI=1S/C5H5FNO/c6-5-2-1-3-7(8)4-5/h1-4,8H/q+1. The highest BCUT2D eigenvalue weighted by Crippen LogP contribution is 1.86. The van der Waals surface area contributed by atoms with Crippen LogP contribution in [0.2, 0.25) is 0 Å². The molecular formula is C5H5FNO+. The molecule has 0 saturated carbocycles. The molecule has 0 fully saturated rings. The summed E-state index contributed by atoms with van der Waals surface area (Å²) in [4.78, 5) is 0. The summed E-state index contributed by atoms with van der Waals surface area (Å²) >= 11 is 0. The quantitative estimate of drug-likeness (QED) is 0.382. The van der Waals surface area contributed by atoms with Crippen molar-refractivity contribution in [2.45, 2.75) is 0 Å². The van der Waals surface area contributed by atoms with Gasteiger partial charge in [0.1, 0.15) is 0 Å². The van der Waals surface area contributed by atoms with Crippen molar-refractivity contribution in [1.82, 2.24) is 0 Å². The van der Waals surface area contributed by atoms with Gasteiger partial charge in [-0.2, -0.15) is 0 Å². The lowest BCUT2D eigenvalue weighted by atomic mass is 10.5. The Morgan fingerprint density at radius 1 is 1.62 bits per heavy atom. The van der Waals surface area contributed by atoms with Crippen molar-refractivity contribution >= 4 is 0 Å². The van der Waals surface area contributed by atoms with Crippen LogP contribution in [0.4, 0.5) is 4.39 Å².